The summed E-state index contributed by atoms with van der Waals surface area (Å²) < 4.78 is 4.91. The molecule has 2 rings (SSSR count). The first kappa shape index (κ1) is 11.2. The maximum Gasteiger partial charge on any atom is 0.254 e. The molecule has 0 saturated heterocycles. The molecule has 0 radical (unpaired) electrons. The molecule has 1 N–H and O–H groups in total. The Kier molecular flexibility index (Phi) is 4.03. The molecule has 1 aliphatic rings. The number of carbonyl (C=O) groups is 1. The van der Waals surface area contributed by atoms with Gasteiger partial charge in [-0.25, -0.2) is 0 Å². The zero-order chi connectivity index (χ0) is 11.2. The standard InChI is InChI=1S/C13H19NO2/c15-13(11-8-9-16-10-11)14-12-6-4-2-1-3-5-7-12/h8-10,12H,1-7H2,(H,14,15). The van der Waals surface area contributed by atoms with Crippen LogP contribution in [0.2, 0.25) is 0 Å². The summed E-state index contributed by atoms with van der Waals surface area (Å²) in [5, 5.41) is 3.09. The van der Waals surface area contributed by atoms with Crippen molar-refractivity contribution >= 4 is 5.91 Å². The normalized spacial score (nSPS) is 18.8. The van der Waals surface area contributed by atoms with Crippen LogP contribution < -0.4 is 5.32 Å². The third-order valence-electron chi connectivity index (χ3n) is 3.22. The Morgan fingerprint density at radius 3 is 2.50 bits per heavy atom. The van der Waals surface area contributed by atoms with E-state index in [-0.39, 0.29) is 5.91 Å². The van der Waals surface area contributed by atoms with Gasteiger partial charge in [-0.2, -0.15) is 0 Å². The molecule has 1 heterocycles. The van der Waals surface area contributed by atoms with Crippen LogP contribution in [0.15, 0.2) is 23.0 Å². The molecular weight excluding hydrogens is 202 g/mol. The van der Waals surface area contributed by atoms with Gasteiger partial charge in [0, 0.05) is 6.04 Å². The van der Waals surface area contributed by atoms with Crippen molar-refractivity contribution in [2.24, 2.45) is 0 Å². The maximum absolute atomic E-state index is 11.8. The molecule has 1 fully saturated rings. The number of furan rings is 1. The summed E-state index contributed by atoms with van der Waals surface area (Å²) in [7, 11) is 0. The minimum absolute atomic E-state index is 0.000626. The van der Waals surface area contributed by atoms with Gasteiger partial charge < -0.3 is 9.73 Å². The molecular formula is C13H19NO2. The van der Waals surface area contributed by atoms with Gasteiger partial charge in [-0.1, -0.05) is 32.1 Å². The number of amides is 1. The van der Waals surface area contributed by atoms with Crippen LogP contribution in [0.3, 0.4) is 0 Å². The highest BCUT2D eigenvalue weighted by molar-refractivity contribution is 5.93. The summed E-state index contributed by atoms with van der Waals surface area (Å²) >= 11 is 0. The van der Waals surface area contributed by atoms with Crippen LogP contribution in [-0.2, 0) is 0 Å². The van der Waals surface area contributed by atoms with Gasteiger partial charge in [-0.05, 0) is 18.9 Å². The number of rotatable bonds is 2. The summed E-state index contributed by atoms with van der Waals surface area (Å²) in [5.74, 6) is -0.000626. The second-order valence-electron chi connectivity index (χ2n) is 4.53. The van der Waals surface area contributed by atoms with Crippen LogP contribution in [0.1, 0.15) is 55.3 Å². The van der Waals surface area contributed by atoms with Crippen molar-refractivity contribution < 1.29 is 9.21 Å². The summed E-state index contributed by atoms with van der Waals surface area (Å²) in [6.07, 6.45) is 11.7. The zero-order valence-corrected chi connectivity index (χ0v) is 9.58. The van der Waals surface area contributed by atoms with Gasteiger partial charge in [0.15, 0.2) is 0 Å². The van der Waals surface area contributed by atoms with Gasteiger partial charge in [0.1, 0.15) is 6.26 Å². The van der Waals surface area contributed by atoms with E-state index in [0.29, 0.717) is 11.6 Å². The van der Waals surface area contributed by atoms with Crippen molar-refractivity contribution in [3.63, 3.8) is 0 Å². The molecule has 1 saturated carbocycles. The van der Waals surface area contributed by atoms with Gasteiger partial charge in [0.05, 0.1) is 11.8 Å². The third-order valence-corrected chi connectivity index (χ3v) is 3.22. The van der Waals surface area contributed by atoms with Crippen LogP contribution >= 0.6 is 0 Å². The SMILES string of the molecule is O=C(NC1CCCCCCC1)c1ccoc1. The van der Waals surface area contributed by atoms with Crippen LogP contribution in [0.4, 0.5) is 0 Å². The topological polar surface area (TPSA) is 42.2 Å². The molecule has 3 nitrogen and oxygen atoms in total. The zero-order valence-electron chi connectivity index (χ0n) is 9.58. The Hall–Kier alpha value is -1.25. The molecule has 1 aliphatic carbocycles. The van der Waals surface area contributed by atoms with E-state index in [1.165, 1.54) is 44.6 Å². The average Bonchev–Trinajstić information content (AvgIpc) is 2.74. The predicted octanol–water partition coefficient (Wildman–Crippen LogP) is 3.12. The minimum Gasteiger partial charge on any atom is -0.472 e. The van der Waals surface area contributed by atoms with E-state index in [2.05, 4.69) is 5.32 Å². The first-order chi connectivity index (χ1) is 7.86. The fourth-order valence-corrected chi connectivity index (χ4v) is 2.26. The van der Waals surface area contributed by atoms with Crippen molar-refractivity contribution in [3.8, 4) is 0 Å². The van der Waals surface area contributed by atoms with Crippen LogP contribution in [-0.4, -0.2) is 11.9 Å². The lowest BCUT2D eigenvalue weighted by atomic mass is 9.96. The van der Waals surface area contributed by atoms with Crippen LogP contribution in [0.5, 0.6) is 0 Å². The number of hydrogen-bond acceptors (Lipinski definition) is 2. The molecule has 88 valence electrons. The lowest BCUT2D eigenvalue weighted by Crippen LogP contribution is -2.35. The lowest BCUT2D eigenvalue weighted by molar-refractivity contribution is 0.0930. The van der Waals surface area contributed by atoms with E-state index in [1.807, 2.05) is 0 Å². The first-order valence-corrected chi connectivity index (χ1v) is 6.19. The van der Waals surface area contributed by atoms with Crippen molar-refractivity contribution in [1.29, 1.82) is 0 Å². The van der Waals surface area contributed by atoms with Gasteiger partial charge in [-0.15, -0.1) is 0 Å². The average molecular weight is 221 g/mol. The van der Waals surface area contributed by atoms with Crippen LogP contribution in [0, 0.1) is 0 Å². The molecule has 0 aliphatic heterocycles. The highest BCUT2D eigenvalue weighted by atomic mass is 16.3. The quantitative estimate of drug-likeness (QED) is 0.833. The van der Waals surface area contributed by atoms with Crippen molar-refractivity contribution in [1.82, 2.24) is 5.32 Å². The lowest BCUT2D eigenvalue weighted by Gasteiger charge is -2.20. The van der Waals surface area contributed by atoms with E-state index in [0.717, 1.165) is 12.8 Å². The highest BCUT2D eigenvalue weighted by Gasteiger charge is 2.15. The number of carbonyl (C=O) groups excluding carboxylic acids is 1. The van der Waals surface area contributed by atoms with E-state index < -0.39 is 0 Å². The van der Waals surface area contributed by atoms with Crippen molar-refractivity contribution in [2.45, 2.75) is 51.0 Å². The molecule has 3 heteroatoms. The highest BCUT2D eigenvalue weighted by Crippen LogP contribution is 2.17. The predicted molar refractivity (Wildman–Crippen MR) is 62.3 cm³/mol. The monoisotopic (exact) mass is 221 g/mol. The number of nitrogens with one attached hydrogen (secondary N) is 1. The van der Waals surface area contributed by atoms with E-state index in [9.17, 15) is 4.79 Å². The minimum atomic E-state index is -0.000626. The Morgan fingerprint density at radius 2 is 1.88 bits per heavy atom. The molecule has 16 heavy (non-hydrogen) atoms. The molecule has 0 unspecified atom stereocenters. The largest absolute Gasteiger partial charge is 0.472 e. The summed E-state index contributed by atoms with van der Waals surface area (Å²) in [6.45, 7) is 0. The van der Waals surface area contributed by atoms with E-state index in [4.69, 9.17) is 4.42 Å². The van der Waals surface area contributed by atoms with Gasteiger partial charge in [-0.3, -0.25) is 4.79 Å². The van der Waals surface area contributed by atoms with E-state index in [1.54, 1.807) is 6.07 Å². The van der Waals surface area contributed by atoms with E-state index >= 15 is 0 Å². The van der Waals surface area contributed by atoms with Crippen molar-refractivity contribution in [3.05, 3.63) is 24.2 Å². The van der Waals surface area contributed by atoms with Gasteiger partial charge >= 0.3 is 0 Å². The van der Waals surface area contributed by atoms with Gasteiger partial charge in [0.2, 0.25) is 0 Å². The summed E-state index contributed by atoms with van der Waals surface area (Å²) in [4.78, 5) is 11.8. The second kappa shape index (κ2) is 5.73. The molecule has 1 aromatic rings. The third kappa shape index (κ3) is 3.12. The molecule has 0 atom stereocenters. The Balaban J connectivity index is 1.85. The second-order valence-corrected chi connectivity index (χ2v) is 4.53. The smallest absolute Gasteiger partial charge is 0.254 e. The molecule has 0 aromatic carbocycles. The summed E-state index contributed by atoms with van der Waals surface area (Å²) in [6, 6.07) is 2.06. The van der Waals surface area contributed by atoms with Crippen LogP contribution in [0.25, 0.3) is 0 Å². The molecule has 0 spiro atoms. The van der Waals surface area contributed by atoms with Crippen molar-refractivity contribution in [2.75, 3.05) is 0 Å². The summed E-state index contributed by atoms with van der Waals surface area (Å²) in [5.41, 5.74) is 0.627. The number of hydrogen-bond donors (Lipinski definition) is 1. The molecule has 0 bridgehead atoms. The maximum atomic E-state index is 11.8. The molecule has 1 amide bonds. The fourth-order valence-electron chi connectivity index (χ4n) is 2.26. The Labute approximate surface area is 96.2 Å². The molecule has 1 aromatic heterocycles. The Bertz CT molecular complexity index is 311. The Morgan fingerprint density at radius 1 is 1.19 bits per heavy atom. The van der Waals surface area contributed by atoms with Gasteiger partial charge in [0.25, 0.3) is 5.91 Å². The fraction of sp³-hybridized carbons (Fsp3) is 0.615. The first-order valence-electron chi connectivity index (χ1n) is 6.19.